The number of benzene rings is 2. The van der Waals surface area contributed by atoms with Crippen molar-refractivity contribution in [2.75, 3.05) is 31.3 Å². The van der Waals surface area contributed by atoms with Crippen LogP contribution in [0.25, 0.3) is 0 Å². The third-order valence-electron chi connectivity index (χ3n) is 4.59. The van der Waals surface area contributed by atoms with Crippen LogP contribution in [0.2, 0.25) is 0 Å². The molecule has 2 aromatic carbocycles. The number of hydrogen-bond acceptors (Lipinski definition) is 5. The van der Waals surface area contributed by atoms with Gasteiger partial charge in [-0.05, 0) is 55.0 Å². The van der Waals surface area contributed by atoms with Crippen LogP contribution in [0, 0.1) is 6.92 Å². The van der Waals surface area contributed by atoms with E-state index in [1.807, 2.05) is 49.4 Å². The summed E-state index contributed by atoms with van der Waals surface area (Å²) in [6.45, 7) is 1.80. The van der Waals surface area contributed by atoms with E-state index in [0.717, 1.165) is 10.0 Å². The third-order valence-corrected chi connectivity index (χ3v) is 5.08. The van der Waals surface area contributed by atoms with Crippen LogP contribution in [-0.4, -0.2) is 42.4 Å². The smallest absolute Gasteiger partial charge is 0.257 e. The molecule has 0 spiro atoms. The monoisotopic (exact) mass is 482 g/mol. The van der Waals surface area contributed by atoms with Gasteiger partial charge in [0.2, 0.25) is 5.91 Å². The van der Waals surface area contributed by atoms with Gasteiger partial charge < -0.3 is 20.3 Å². The maximum Gasteiger partial charge on any atom is 0.257 e. The summed E-state index contributed by atoms with van der Waals surface area (Å²) in [7, 11) is 3.15. The number of ether oxygens (including phenoxy) is 1. The molecule has 3 rings (SSSR count). The lowest BCUT2D eigenvalue weighted by molar-refractivity contribution is -0.116. The number of likely N-dealkylation sites (N-methyl/N-ethyl adjacent to an activating group) is 1. The standard InChI is InChI=1S/C23H23BrN4O3/c1-15-13-16(24)10-11-18(15)26-21(29)14-28(2)23(30)17-7-6-12-25-22(17)27-19-8-4-5-9-20(19)31-3/h4-13H,14H2,1-3H3,(H,25,27)(H,26,29). The molecule has 0 aliphatic carbocycles. The molecule has 160 valence electrons. The summed E-state index contributed by atoms with van der Waals surface area (Å²) >= 11 is 3.40. The number of nitrogens with zero attached hydrogens (tertiary/aromatic N) is 2. The maximum absolute atomic E-state index is 13.0. The Morgan fingerprint density at radius 2 is 1.87 bits per heavy atom. The van der Waals surface area contributed by atoms with Gasteiger partial charge in [0.25, 0.3) is 5.91 Å². The molecule has 0 unspecified atom stereocenters. The molecule has 0 saturated heterocycles. The van der Waals surface area contributed by atoms with E-state index < -0.39 is 0 Å². The number of methoxy groups -OCH3 is 1. The number of amides is 2. The number of aryl methyl sites for hydroxylation is 1. The fourth-order valence-corrected chi connectivity index (χ4v) is 3.48. The molecule has 31 heavy (non-hydrogen) atoms. The highest BCUT2D eigenvalue weighted by atomic mass is 79.9. The SMILES string of the molecule is COc1ccccc1Nc1ncccc1C(=O)N(C)CC(=O)Nc1ccc(Br)cc1C. The van der Waals surface area contributed by atoms with Crippen LogP contribution >= 0.6 is 15.9 Å². The van der Waals surface area contributed by atoms with E-state index >= 15 is 0 Å². The number of nitrogens with one attached hydrogen (secondary N) is 2. The zero-order valence-corrected chi connectivity index (χ0v) is 19.1. The molecule has 2 amide bonds. The van der Waals surface area contributed by atoms with Gasteiger partial charge >= 0.3 is 0 Å². The predicted octanol–water partition coefficient (Wildman–Crippen LogP) is 4.62. The Kier molecular flexibility index (Phi) is 7.25. The summed E-state index contributed by atoms with van der Waals surface area (Å²) in [6, 6.07) is 16.3. The van der Waals surface area contributed by atoms with Crippen molar-refractivity contribution in [1.29, 1.82) is 0 Å². The van der Waals surface area contributed by atoms with Crippen LogP contribution in [0.4, 0.5) is 17.2 Å². The minimum Gasteiger partial charge on any atom is -0.495 e. The van der Waals surface area contributed by atoms with Gasteiger partial charge in [-0.25, -0.2) is 4.98 Å². The second-order valence-corrected chi connectivity index (χ2v) is 7.81. The van der Waals surface area contributed by atoms with Crippen molar-refractivity contribution in [3.8, 4) is 5.75 Å². The number of hydrogen-bond donors (Lipinski definition) is 2. The summed E-state index contributed by atoms with van der Waals surface area (Å²) < 4.78 is 6.28. The normalized spacial score (nSPS) is 10.3. The van der Waals surface area contributed by atoms with Gasteiger partial charge in [-0.3, -0.25) is 9.59 Å². The lowest BCUT2D eigenvalue weighted by Gasteiger charge is -2.19. The average molecular weight is 483 g/mol. The summed E-state index contributed by atoms with van der Waals surface area (Å²) in [5.74, 6) is 0.398. The Morgan fingerprint density at radius 3 is 2.61 bits per heavy atom. The molecule has 0 fully saturated rings. The van der Waals surface area contributed by atoms with Crippen molar-refractivity contribution in [1.82, 2.24) is 9.88 Å². The molecule has 0 radical (unpaired) electrons. The van der Waals surface area contributed by atoms with E-state index in [0.29, 0.717) is 28.5 Å². The Balaban J connectivity index is 1.73. The predicted molar refractivity (Wildman–Crippen MR) is 125 cm³/mol. The van der Waals surface area contributed by atoms with Crippen LogP contribution in [0.15, 0.2) is 65.3 Å². The molecule has 0 bridgehead atoms. The first kappa shape index (κ1) is 22.3. The van der Waals surface area contributed by atoms with Gasteiger partial charge in [-0.15, -0.1) is 0 Å². The van der Waals surface area contributed by atoms with Gasteiger partial charge in [0.05, 0.1) is 24.9 Å². The second-order valence-electron chi connectivity index (χ2n) is 6.89. The summed E-state index contributed by atoms with van der Waals surface area (Å²) in [5, 5.41) is 5.99. The van der Waals surface area contributed by atoms with Gasteiger partial charge in [0.1, 0.15) is 11.6 Å². The molecule has 8 heteroatoms. The fraction of sp³-hybridized carbons (Fsp3) is 0.174. The van der Waals surface area contributed by atoms with Crippen molar-refractivity contribution in [2.24, 2.45) is 0 Å². The Morgan fingerprint density at radius 1 is 1.10 bits per heavy atom. The van der Waals surface area contributed by atoms with Crippen molar-refractivity contribution in [3.63, 3.8) is 0 Å². The molecular formula is C23H23BrN4O3. The number of carbonyl (C=O) groups excluding carboxylic acids is 2. The van der Waals surface area contributed by atoms with E-state index in [2.05, 4.69) is 31.5 Å². The van der Waals surface area contributed by atoms with Gasteiger partial charge in [-0.1, -0.05) is 28.1 Å². The third kappa shape index (κ3) is 5.61. The van der Waals surface area contributed by atoms with E-state index in [1.165, 1.54) is 4.90 Å². The molecule has 0 aliphatic heterocycles. The van der Waals surface area contributed by atoms with Crippen molar-refractivity contribution < 1.29 is 14.3 Å². The highest BCUT2D eigenvalue weighted by Crippen LogP contribution is 2.28. The first-order valence-electron chi connectivity index (χ1n) is 9.55. The first-order chi connectivity index (χ1) is 14.9. The Hall–Kier alpha value is -3.39. The topological polar surface area (TPSA) is 83.6 Å². The zero-order chi connectivity index (χ0) is 22.4. The van der Waals surface area contributed by atoms with Crippen LogP contribution in [0.1, 0.15) is 15.9 Å². The number of para-hydroxylation sites is 2. The molecule has 7 nitrogen and oxygen atoms in total. The quantitative estimate of drug-likeness (QED) is 0.513. The molecule has 2 N–H and O–H groups in total. The largest absolute Gasteiger partial charge is 0.495 e. The minimum absolute atomic E-state index is 0.0999. The van der Waals surface area contributed by atoms with Gasteiger partial charge in [0, 0.05) is 23.4 Å². The number of halogens is 1. The highest BCUT2D eigenvalue weighted by molar-refractivity contribution is 9.10. The fourth-order valence-electron chi connectivity index (χ4n) is 3.00. The minimum atomic E-state index is -0.326. The van der Waals surface area contributed by atoms with Crippen molar-refractivity contribution >= 4 is 44.9 Å². The molecule has 0 atom stereocenters. The lowest BCUT2D eigenvalue weighted by Crippen LogP contribution is -2.35. The summed E-state index contributed by atoms with van der Waals surface area (Å²) in [4.78, 5) is 31.2. The molecule has 0 saturated carbocycles. The molecule has 0 aliphatic rings. The van der Waals surface area contributed by atoms with E-state index in [-0.39, 0.29) is 18.4 Å². The van der Waals surface area contributed by atoms with E-state index in [4.69, 9.17) is 4.74 Å². The van der Waals surface area contributed by atoms with Crippen LogP contribution < -0.4 is 15.4 Å². The summed E-state index contributed by atoms with van der Waals surface area (Å²) in [6.07, 6.45) is 1.59. The van der Waals surface area contributed by atoms with E-state index in [9.17, 15) is 9.59 Å². The Bertz CT molecular complexity index is 1100. The number of anilines is 3. The molecule has 1 aromatic heterocycles. The first-order valence-corrected chi connectivity index (χ1v) is 10.3. The number of pyridine rings is 1. The zero-order valence-electron chi connectivity index (χ0n) is 17.5. The average Bonchev–Trinajstić information content (AvgIpc) is 2.76. The number of aromatic nitrogens is 1. The van der Waals surface area contributed by atoms with E-state index in [1.54, 1.807) is 32.5 Å². The Labute approximate surface area is 189 Å². The second kappa shape index (κ2) is 10.1. The highest BCUT2D eigenvalue weighted by Gasteiger charge is 2.20. The van der Waals surface area contributed by atoms with Crippen LogP contribution in [0.5, 0.6) is 5.75 Å². The number of rotatable bonds is 7. The molecule has 1 heterocycles. The lowest BCUT2D eigenvalue weighted by atomic mass is 10.2. The van der Waals surface area contributed by atoms with Gasteiger partial charge in [-0.2, -0.15) is 0 Å². The van der Waals surface area contributed by atoms with Crippen LogP contribution in [-0.2, 0) is 4.79 Å². The van der Waals surface area contributed by atoms with Crippen molar-refractivity contribution in [2.45, 2.75) is 6.92 Å². The van der Waals surface area contributed by atoms with Crippen LogP contribution in [0.3, 0.4) is 0 Å². The van der Waals surface area contributed by atoms with Crippen molar-refractivity contribution in [3.05, 3.63) is 76.4 Å². The molecule has 3 aromatic rings. The number of carbonyl (C=O) groups is 2. The maximum atomic E-state index is 13.0. The molecular weight excluding hydrogens is 460 g/mol. The summed E-state index contributed by atoms with van der Waals surface area (Å²) in [5.41, 5.74) is 2.66. The van der Waals surface area contributed by atoms with Gasteiger partial charge in [0.15, 0.2) is 0 Å².